The van der Waals surface area contributed by atoms with Gasteiger partial charge >= 0.3 is 6.09 Å². The fourth-order valence-corrected chi connectivity index (χ4v) is 3.64. The van der Waals surface area contributed by atoms with Gasteiger partial charge in [-0.05, 0) is 57.9 Å². The number of likely N-dealkylation sites (tertiary alicyclic amines) is 1. The quantitative estimate of drug-likeness (QED) is 0.571. The number of carbonyl (C=O) groups excluding carboxylic acids is 2. The molecule has 1 atom stereocenters. The second-order valence-electron chi connectivity index (χ2n) is 8.35. The van der Waals surface area contributed by atoms with Gasteiger partial charge in [0.25, 0.3) is 0 Å². The van der Waals surface area contributed by atoms with E-state index in [0.717, 1.165) is 30.6 Å². The van der Waals surface area contributed by atoms with E-state index >= 15 is 0 Å². The molecule has 6 heteroatoms. The topological polar surface area (TPSA) is 49.9 Å². The van der Waals surface area contributed by atoms with E-state index in [1.165, 1.54) is 0 Å². The molecule has 1 aromatic carbocycles. The molecule has 3 rings (SSSR count). The zero-order valence-corrected chi connectivity index (χ0v) is 17.5. The molecule has 0 bridgehead atoms. The Morgan fingerprint density at radius 2 is 1.89 bits per heavy atom. The summed E-state index contributed by atoms with van der Waals surface area (Å²) in [5.74, 6) is 6.73. The van der Waals surface area contributed by atoms with Crippen LogP contribution in [0.4, 0.5) is 10.5 Å². The van der Waals surface area contributed by atoms with Crippen molar-refractivity contribution in [3.05, 3.63) is 29.8 Å². The van der Waals surface area contributed by atoms with Crippen molar-refractivity contribution >= 4 is 29.2 Å². The summed E-state index contributed by atoms with van der Waals surface area (Å²) in [6.07, 6.45) is 1.59. The third kappa shape index (κ3) is 4.99. The summed E-state index contributed by atoms with van der Waals surface area (Å²) in [6, 6.07) is 7.87. The molecule has 2 saturated heterocycles. The van der Waals surface area contributed by atoms with Crippen LogP contribution in [0.2, 0.25) is 0 Å². The number of nitrogens with zero attached hydrogens (tertiary/aromatic N) is 2. The molecule has 2 aliphatic heterocycles. The molecule has 150 valence electrons. The number of ketones is 1. The van der Waals surface area contributed by atoms with Crippen LogP contribution in [0.5, 0.6) is 0 Å². The lowest BCUT2D eigenvalue weighted by Gasteiger charge is -2.37. The number of hydrogen-bond acceptors (Lipinski definition) is 4. The average Bonchev–Trinajstić information content (AvgIpc) is 3.08. The van der Waals surface area contributed by atoms with Gasteiger partial charge in [-0.1, -0.05) is 11.8 Å². The molecular weight excluding hydrogens is 376 g/mol. The lowest BCUT2D eigenvalue weighted by molar-refractivity contribution is -0.117. The highest BCUT2D eigenvalue weighted by atomic mass is 35.5. The Hall–Kier alpha value is -2.19. The average molecular weight is 403 g/mol. The third-order valence-electron chi connectivity index (χ3n) is 4.91. The van der Waals surface area contributed by atoms with Gasteiger partial charge in [0.2, 0.25) is 0 Å². The van der Waals surface area contributed by atoms with Gasteiger partial charge in [-0.2, -0.15) is 0 Å². The highest BCUT2D eigenvalue weighted by molar-refractivity contribution is 6.28. The minimum absolute atomic E-state index is 0.0619. The molecule has 1 aromatic rings. The molecule has 5 nitrogen and oxygen atoms in total. The molecule has 0 aromatic heterocycles. The predicted molar refractivity (Wildman–Crippen MR) is 111 cm³/mol. The zero-order valence-electron chi connectivity index (χ0n) is 16.7. The highest BCUT2D eigenvalue weighted by Gasteiger charge is 2.33. The second kappa shape index (κ2) is 8.45. The maximum absolute atomic E-state index is 12.0. The molecule has 0 spiro atoms. The number of rotatable bonds is 3. The standard InChI is InChI=1S/C22H27ClN2O3/c1-22(2,3)28-21(27)24-14-17(15-24)7-6-16-8-10-18(11-9-16)25-12-4-5-19(25)20(26)13-23/h8-11,17,19H,4-5,12-15H2,1-3H3/t19-/m1/s1. The fraction of sp³-hybridized carbons (Fsp3) is 0.545. The van der Waals surface area contributed by atoms with E-state index in [9.17, 15) is 9.59 Å². The van der Waals surface area contributed by atoms with Gasteiger partial charge in [0.15, 0.2) is 5.78 Å². The summed E-state index contributed by atoms with van der Waals surface area (Å²) in [7, 11) is 0. The Morgan fingerprint density at radius 1 is 1.21 bits per heavy atom. The third-order valence-corrected chi connectivity index (χ3v) is 5.17. The molecule has 1 amide bonds. The molecule has 0 unspecified atom stereocenters. The van der Waals surface area contributed by atoms with Crippen LogP contribution in [-0.4, -0.2) is 53.9 Å². The van der Waals surface area contributed by atoms with Crippen LogP contribution < -0.4 is 4.90 Å². The Kier molecular flexibility index (Phi) is 6.20. The molecular formula is C22H27ClN2O3. The molecule has 0 saturated carbocycles. The Labute approximate surface area is 172 Å². The molecule has 0 aliphatic carbocycles. The summed E-state index contributed by atoms with van der Waals surface area (Å²) >= 11 is 5.73. The van der Waals surface area contributed by atoms with Gasteiger partial charge in [0.1, 0.15) is 5.60 Å². The van der Waals surface area contributed by atoms with Crippen molar-refractivity contribution in [3.63, 3.8) is 0 Å². The SMILES string of the molecule is CC(C)(C)OC(=O)N1CC(C#Cc2ccc(N3CCC[C@@H]3C(=O)CCl)cc2)C1. The Balaban J connectivity index is 1.54. The first-order chi connectivity index (χ1) is 13.3. The maximum atomic E-state index is 12.0. The minimum atomic E-state index is -0.474. The first-order valence-electron chi connectivity index (χ1n) is 9.71. The van der Waals surface area contributed by atoms with Crippen molar-refractivity contribution in [2.75, 3.05) is 30.4 Å². The first kappa shape index (κ1) is 20.5. The van der Waals surface area contributed by atoms with Gasteiger partial charge in [0, 0.05) is 30.9 Å². The zero-order chi connectivity index (χ0) is 20.3. The number of alkyl halides is 1. The lowest BCUT2D eigenvalue weighted by Crippen LogP contribution is -2.51. The minimum Gasteiger partial charge on any atom is -0.444 e. The van der Waals surface area contributed by atoms with E-state index in [2.05, 4.69) is 16.7 Å². The fourth-order valence-electron chi connectivity index (χ4n) is 3.47. The van der Waals surface area contributed by atoms with E-state index in [1.54, 1.807) is 4.90 Å². The Bertz CT molecular complexity index is 783. The number of Topliss-reactive ketones (excluding diaryl/α,β-unsaturated/α-hetero) is 1. The predicted octanol–water partition coefficient (Wildman–Crippen LogP) is 3.68. The summed E-state index contributed by atoms with van der Waals surface area (Å²) in [5, 5.41) is 0. The summed E-state index contributed by atoms with van der Waals surface area (Å²) in [4.78, 5) is 27.7. The normalized spacial score (nSPS) is 19.6. The monoisotopic (exact) mass is 402 g/mol. The van der Waals surface area contributed by atoms with E-state index in [1.807, 2.05) is 45.0 Å². The van der Waals surface area contributed by atoms with Gasteiger partial charge < -0.3 is 14.5 Å². The van der Waals surface area contributed by atoms with Crippen LogP contribution in [0.1, 0.15) is 39.2 Å². The molecule has 2 aliphatic rings. The number of ether oxygens (including phenoxy) is 1. The van der Waals surface area contributed by atoms with E-state index in [-0.39, 0.29) is 29.7 Å². The molecule has 0 N–H and O–H groups in total. The number of carbonyl (C=O) groups is 2. The van der Waals surface area contributed by atoms with Crippen molar-refractivity contribution in [3.8, 4) is 11.8 Å². The molecule has 2 fully saturated rings. The number of anilines is 1. The van der Waals surface area contributed by atoms with Crippen LogP contribution in [-0.2, 0) is 9.53 Å². The van der Waals surface area contributed by atoms with Gasteiger partial charge in [-0.3, -0.25) is 4.79 Å². The maximum Gasteiger partial charge on any atom is 0.410 e. The molecule has 0 radical (unpaired) electrons. The van der Waals surface area contributed by atoms with E-state index in [4.69, 9.17) is 16.3 Å². The Morgan fingerprint density at radius 3 is 2.50 bits per heavy atom. The van der Waals surface area contributed by atoms with Crippen LogP contribution >= 0.6 is 11.6 Å². The van der Waals surface area contributed by atoms with Crippen molar-refractivity contribution < 1.29 is 14.3 Å². The van der Waals surface area contributed by atoms with Crippen LogP contribution in [0, 0.1) is 17.8 Å². The number of amides is 1. The largest absolute Gasteiger partial charge is 0.444 e. The summed E-state index contributed by atoms with van der Waals surface area (Å²) in [6.45, 7) is 7.68. The molecule has 2 heterocycles. The highest BCUT2D eigenvalue weighted by Crippen LogP contribution is 2.26. The van der Waals surface area contributed by atoms with Gasteiger partial charge in [-0.15, -0.1) is 11.6 Å². The number of hydrogen-bond donors (Lipinski definition) is 0. The van der Waals surface area contributed by atoms with Crippen LogP contribution in [0.25, 0.3) is 0 Å². The molecule has 28 heavy (non-hydrogen) atoms. The van der Waals surface area contributed by atoms with Crippen molar-refractivity contribution in [1.29, 1.82) is 0 Å². The van der Waals surface area contributed by atoms with Gasteiger partial charge in [-0.25, -0.2) is 4.79 Å². The summed E-state index contributed by atoms with van der Waals surface area (Å²) < 4.78 is 5.35. The number of halogens is 1. The van der Waals surface area contributed by atoms with Gasteiger partial charge in [0.05, 0.1) is 17.8 Å². The van der Waals surface area contributed by atoms with Crippen molar-refractivity contribution in [2.24, 2.45) is 5.92 Å². The smallest absolute Gasteiger partial charge is 0.410 e. The first-order valence-corrected chi connectivity index (χ1v) is 10.2. The van der Waals surface area contributed by atoms with Crippen molar-refractivity contribution in [2.45, 2.75) is 45.3 Å². The number of benzene rings is 1. The lowest BCUT2D eigenvalue weighted by atomic mass is 10.0. The van der Waals surface area contributed by atoms with E-state index < -0.39 is 5.60 Å². The van der Waals surface area contributed by atoms with Crippen molar-refractivity contribution in [1.82, 2.24) is 4.90 Å². The summed E-state index contributed by atoms with van der Waals surface area (Å²) in [5.41, 5.74) is 1.49. The van der Waals surface area contributed by atoms with E-state index in [0.29, 0.717) is 13.1 Å². The van der Waals surface area contributed by atoms with Crippen LogP contribution in [0.3, 0.4) is 0 Å². The second-order valence-corrected chi connectivity index (χ2v) is 8.62. The van der Waals surface area contributed by atoms with Crippen LogP contribution in [0.15, 0.2) is 24.3 Å².